The molecule has 1 saturated carbocycles. The highest BCUT2D eigenvalue weighted by Gasteiger charge is 2.37. The SMILES string of the molecule is CC(NC(=O)C1(N)CCCC1)c1ccc2c(c1)CC(=O)N2.Cl. The van der Waals surface area contributed by atoms with Gasteiger partial charge in [0, 0.05) is 5.69 Å². The van der Waals surface area contributed by atoms with Gasteiger partial charge >= 0.3 is 0 Å². The Bertz CT molecular complexity index is 597. The number of halogens is 1. The van der Waals surface area contributed by atoms with Gasteiger partial charge in [-0.1, -0.05) is 25.0 Å². The van der Waals surface area contributed by atoms with E-state index in [0.717, 1.165) is 42.5 Å². The van der Waals surface area contributed by atoms with Crippen LogP contribution in [-0.4, -0.2) is 17.4 Å². The molecule has 1 unspecified atom stereocenters. The van der Waals surface area contributed by atoms with Crippen LogP contribution >= 0.6 is 12.4 Å². The third-order valence-electron chi connectivity index (χ3n) is 4.55. The van der Waals surface area contributed by atoms with Crippen molar-refractivity contribution in [2.75, 3.05) is 5.32 Å². The fraction of sp³-hybridized carbons (Fsp3) is 0.500. The van der Waals surface area contributed by atoms with Crippen LogP contribution in [0.4, 0.5) is 5.69 Å². The van der Waals surface area contributed by atoms with Crippen LogP contribution in [0.5, 0.6) is 0 Å². The van der Waals surface area contributed by atoms with Crippen molar-refractivity contribution >= 4 is 29.9 Å². The summed E-state index contributed by atoms with van der Waals surface area (Å²) in [5, 5.41) is 5.82. The van der Waals surface area contributed by atoms with Gasteiger partial charge in [-0.05, 0) is 37.0 Å². The minimum atomic E-state index is -0.706. The van der Waals surface area contributed by atoms with E-state index in [2.05, 4.69) is 10.6 Å². The molecule has 0 bridgehead atoms. The van der Waals surface area contributed by atoms with Gasteiger partial charge < -0.3 is 16.4 Å². The lowest BCUT2D eigenvalue weighted by Crippen LogP contribution is -2.52. The topological polar surface area (TPSA) is 84.2 Å². The second-order valence-corrected chi connectivity index (χ2v) is 6.20. The first-order valence-corrected chi connectivity index (χ1v) is 7.50. The van der Waals surface area contributed by atoms with Crippen LogP contribution in [0.3, 0.4) is 0 Å². The molecule has 1 aliphatic heterocycles. The maximum absolute atomic E-state index is 12.3. The number of fused-ring (bicyclic) bond motifs is 1. The smallest absolute Gasteiger partial charge is 0.240 e. The first kappa shape index (κ1) is 16.8. The molecule has 1 atom stereocenters. The van der Waals surface area contributed by atoms with Crippen molar-refractivity contribution in [2.24, 2.45) is 5.73 Å². The Hall–Kier alpha value is -1.59. The van der Waals surface area contributed by atoms with E-state index in [1.165, 1.54) is 0 Å². The summed E-state index contributed by atoms with van der Waals surface area (Å²) < 4.78 is 0. The molecule has 2 amide bonds. The van der Waals surface area contributed by atoms with Crippen LogP contribution in [0.25, 0.3) is 0 Å². The minimum Gasteiger partial charge on any atom is -0.348 e. The number of hydrogen-bond acceptors (Lipinski definition) is 3. The molecule has 1 aromatic carbocycles. The Labute approximate surface area is 136 Å². The van der Waals surface area contributed by atoms with Crippen molar-refractivity contribution in [1.29, 1.82) is 0 Å². The number of nitrogens with two attached hydrogens (primary N) is 1. The average molecular weight is 324 g/mol. The number of rotatable bonds is 3. The van der Waals surface area contributed by atoms with Crippen molar-refractivity contribution in [3.05, 3.63) is 29.3 Å². The molecule has 120 valence electrons. The summed E-state index contributed by atoms with van der Waals surface area (Å²) in [4.78, 5) is 23.7. The summed E-state index contributed by atoms with van der Waals surface area (Å²) in [5.41, 5.74) is 8.32. The maximum atomic E-state index is 12.3. The van der Waals surface area contributed by atoms with Gasteiger partial charge in [0.25, 0.3) is 0 Å². The van der Waals surface area contributed by atoms with E-state index in [4.69, 9.17) is 5.73 Å². The van der Waals surface area contributed by atoms with Crippen LogP contribution in [0, 0.1) is 0 Å². The van der Waals surface area contributed by atoms with Gasteiger partial charge in [0.15, 0.2) is 0 Å². The zero-order valence-corrected chi connectivity index (χ0v) is 13.5. The summed E-state index contributed by atoms with van der Waals surface area (Å²) in [6.45, 7) is 1.95. The minimum absolute atomic E-state index is 0. The first-order chi connectivity index (χ1) is 9.98. The predicted octanol–water partition coefficient (Wildman–Crippen LogP) is 2.05. The summed E-state index contributed by atoms with van der Waals surface area (Å²) in [6.07, 6.45) is 3.96. The van der Waals surface area contributed by atoms with Gasteiger partial charge in [-0.25, -0.2) is 0 Å². The van der Waals surface area contributed by atoms with Gasteiger partial charge in [-0.15, -0.1) is 12.4 Å². The molecule has 1 aromatic rings. The number of amides is 2. The highest BCUT2D eigenvalue weighted by atomic mass is 35.5. The lowest BCUT2D eigenvalue weighted by atomic mass is 9.96. The normalized spacial score (nSPS) is 19.8. The van der Waals surface area contributed by atoms with Gasteiger partial charge in [0.2, 0.25) is 11.8 Å². The lowest BCUT2D eigenvalue weighted by molar-refractivity contribution is -0.126. The Kier molecular flexibility index (Phi) is 4.78. The van der Waals surface area contributed by atoms with Crippen LogP contribution in [0.2, 0.25) is 0 Å². The molecule has 1 heterocycles. The lowest BCUT2D eigenvalue weighted by Gasteiger charge is -2.25. The van der Waals surface area contributed by atoms with Crippen molar-refractivity contribution in [2.45, 2.75) is 50.6 Å². The van der Waals surface area contributed by atoms with E-state index in [9.17, 15) is 9.59 Å². The summed E-state index contributed by atoms with van der Waals surface area (Å²) in [6, 6.07) is 5.70. The van der Waals surface area contributed by atoms with Crippen LogP contribution < -0.4 is 16.4 Å². The Morgan fingerprint density at radius 3 is 2.73 bits per heavy atom. The fourth-order valence-corrected chi connectivity index (χ4v) is 3.18. The van der Waals surface area contributed by atoms with E-state index >= 15 is 0 Å². The monoisotopic (exact) mass is 323 g/mol. The molecule has 2 aliphatic rings. The molecule has 5 nitrogen and oxygen atoms in total. The highest BCUT2D eigenvalue weighted by molar-refractivity contribution is 5.99. The van der Waals surface area contributed by atoms with Gasteiger partial charge in [-0.3, -0.25) is 9.59 Å². The molecule has 0 spiro atoms. The van der Waals surface area contributed by atoms with Crippen molar-refractivity contribution < 1.29 is 9.59 Å². The molecule has 0 saturated heterocycles. The number of benzene rings is 1. The predicted molar refractivity (Wildman–Crippen MR) is 88.0 cm³/mol. The van der Waals surface area contributed by atoms with Gasteiger partial charge in [0.05, 0.1) is 18.0 Å². The zero-order valence-electron chi connectivity index (χ0n) is 12.6. The second kappa shape index (κ2) is 6.26. The summed E-state index contributed by atoms with van der Waals surface area (Å²) >= 11 is 0. The summed E-state index contributed by atoms with van der Waals surface area (Å²) in [7, 11) is 0. The van der Waals surface area contributed by atoms with Crippen LogP contribution in [-0.2, 0) is 16.0 Å². The van der Waals surface area contributed by atoms with Crippen LogP contribution in [0.15, 0.2) is 18.2 Å². The van der Waals surface area contributed by atoms with E-state index in [1.807, 2.05) is 25.1 Å². The first-order valence-electron chi connectivity index (χ1n) is 7.50. The van der Waals surface area contributed by atoms with Crippen LogP contribution in [0.1, 0.15) is 49.8 Å². The molecular weight excluding hydrogens is 302 g/mol. The molecule has 3 rings (SSSR count). The molecule has 1 fully saturated rings. The molecule has 0 radical (unpaired) electrons. The molecule has 1 aliphatic carbocycles. The Balaban J connectivity index is 0.00000176. The van der Waals surface area contributed by atoms with Gasteiger partial charge in [-0.2, -0.15) is 0 Å². The Morgan fingerprint density at radius 2 is 2.05 bits per heavy atom. The van der Waals surface area contributed by atoms with E-state index < -0.39 is 5.54 Å². The average Bonchev–Trinajstić information content (AvgIpc) is 3.03. The molecule has 4 N–H and O–H groups in total. The maximum Gasteiger partial charge on any atom is 0.240 e. The number of nitrogens with one attached hydrogen (secondary N) is 2. The number of anilines is 1. The van der Waals surface area contributed by atoms with E-state index in [-0.39, 0.29) is 30.3 Å². The number of carbonyl (C=O) groups excluding carboxylic acids is 2. The van der Waals surface area contributed by atoms with E-state index in [0.29, 0.717) is 6.42 Å². The Morgan fingerprint density at radius 1 is 1.36 bits per heavy atom. The number of hydrogen-bond donors (Lipinski definition) is 3. The van der Waals surface area contributed by atoms with Crippen molar-refractivity contribution in [1.82, 2.24) is 5.32 Å². The third kappa shape index (κ3) is 3.10. The molecule has 22 heavy (non-hydrogen) atoms. The molecule has 0 aromatic heterocycles. The van der Waals surface area contributed by atoms with E-state index in [1.54, 1.807) is 0 Å². The largest absolute Gasteiger partial charge is 0.348 e. The fourth-order valence-electron chi connectivity index (χ4n) is 3.18. The third-order valence-corrected chi connectivity index (χ3v) is 4.55. The quantitative estimate of drug-likeness (QED) is 0.796. The highest BCUT2D eigenvalue weighted by Crippen LogP contribution is 2.29. The van der Waals surface area contributed by atoms with Crippen molar-refractivity contribution in [3.8, 4) is 0 Å². The van der Waals surface area contributed by atoms with Crippen molar-refractivity contribution in [3.63, 3.8) is 0 Å². The molecular formula is C16H22ClN3O2. The zero-order chi connectivity index (χ0) is 15.0. The number of carbonyl (C=O) groups is 2. The molecule has 6 heteroatoms. The van der Waals surface area contributed by atoms with Gasteiger partial charge in [0.1, 0.15) is 0 Å². The summed E-state index contributed by atoms with van der Waals surface area (Å²) in [5.74, 6) is -0.0482. The standard InChI is InChI=1S/C16H21N3O2.ClH/c1-10(18-15(21)16(17)6-2-3-7-16)11-4-5-13-12(8-11)9-14(20)19-13;/h4-5,8,10H,2-3,6-7,9,17H2,1H3,(H,18,21)(H,19,20);1H. The second-order valence-electron chi connectivity index (χ2n) is 6.20.